The number of aryl methyl sites for hydroxylation is 2. The highest BCUT2D eigenvalue weighted by molar-refractivity contribution is 6.04. The molecule has 2 heterocycles. The van der Waals surface area contributed by atoms with Gasteiger partial charge in [-0.25, -0.2) is 4.39 Å². The average Bonchev–Trinajstić information content (AvgIpc) is 2.43. The number of nitrogens with zero attached hydrogens (tertiary/aromatic N) is 3. The Kier molecular flexibility index (Phi) is 4.42. The molecule has 0 aliphatic heterocycles. The van der Waals surface area contributed by atoms with Gasteiger partial charge in [0, 0.05) is 6.20 Å². The second-order valence-corrected chi connectivity index (χ2v) is 4.33. The summed E-state index contributed by atoms with van der Waals surface area (Å²) in [5, 5.41) is 2.67. The Morgan fingerprint density at radius 3 is 2.52 bits per heavy atom. The van der Waals surface area contributed by atoms with Crippen molar-refractivity contribution in [3.8, 4) is 6.01 Å². The summed E-state index contributed by atoms with van der Waals surface area (Å²) in [5.74, 6) is -1.04. The minimum Gasteiger partial charge on any atom is -0.464 e. The number of halogens is 1. The van der Waals surface area contributed by atoms with Crippen molar-refractivity contribution in [2.75, 3.05) is 11.9 Å². The number of amides is 1. The molecule has 110 valence electrons. The molecule has 0 radical (unpaired) electrons. The van der Waals surface area contributed by atoms with Crippen LogP contribution < -0.4 is 10.1 Å². The third kappa shape index (κ3) is 3.50. The van der Waals surface area contributed by atoms with Crippen LogP contribution in [0.15, 0.2) is 18.5 Å². The van der Waals surface area contributed by atoms with Gasteiger partial charge < -0.3 is 10.1 Å². The molecule has 1 amide bonds. The van der Waals surface area contributed by atoms with E-state index >= 15 is 0 Å². The number of carbonyl (C=O) groups is 1. The van der Waals surface area contributed by atoms with Gasteiger partial charge in [-0.3, -0.25) is 9.78 Å². The molecular weight excluding hydrogens is 275 g/mol. The van der Waals surface area contributed by atoms with Crippen molar-refractivity contribution in [2.24, 2.45) is 0 Å². The van der Waals surface area contributed by atoms with E-state index in [1.807, 2.05) is 6.92 Å². The maximum Gasteiger partial charge on any atom is 0.316 e. The van der Waals surface area contributed by atoms with E-state index < -0.39 is 11.7 Å². The molecule has 0 spiro atoms. The van der Waals surface area contributed by atoms with Crippen LogP contribution in [-0.2, 0) is 0 Å². The van der Waals surface area contributed by atoms with Crippen LogP contribution in [0.3, 0.4) is 0 Å². The minimum absolute atomic E-state index is 0.127. The van der Waals surface area contributed by atoms with E-state index in [0.29, 0.717) is 23.7 Å². The van der Waals surface area contributed by atoms with Crippen molar-refractivity contribution >= 4 is 11.6 Å². The van der Waals surface area contributed by atoms with Crippen LogP contribution in [0.5, 0.6) is 6.01 Å². The Balaban J connectivity index is 2.25. The third-order valence-corrected chi connectivity index (χ3v) is 2.73. The summed E-state index contributed by atoms with van der Waals surface area (Å²) >= 11 is 0. The standard InChI is InChI=1S/C14H15FN4O2/c1-4-21-14-17-8(2)12(9(3)18-14)19-13(20)10-5-11(15)7-16-6-10/h5-7H,4H2,1-3H3,(H,19,20). The van der Waals surface area contributed by atoms with Gasteiger partial charge >= 0.3 is 6.01 Å². The molecule has 0 saturated heterocycles. The molecule has 0 aliphatic carbocycles. The van der Waals surface area contributed by atoms with Crippen LogP contribution >= 0.6 is 0 Å². The maximum atomic E-state index is 13.1. The zero-order chi connectivity index (χ0) is 15.4. The average molecular weight is 290 g/mol. The molecule has 0 saturated carbocycles. The molecule has 0 unspecified atom stereocenters. The first kappa shape index (κ1) is 14.8. The topological polar surface area (TPSA) is 77.0 Å². The molecule has 1 N–H and O–H groups in total. The number of rotatable bonds is 4. The predicted molar refractivity (Wildman–Crippen MR) is 74.8 cm³/mol. The third-order valence-electron chi connectivity index (χ3n) is 2.73. The molecule has 6 nitrogen and oxygen atoms in total. The zero-order valence-corrected chi connectivity index (χ0v) is 12.0. The molecule has 2 aromatic heterocycles. The summed E-state index contributed by atoms with van der Waals surface area (Å²) in [6, 6.07) is 1.38. The lowest BCUT2D eigenvalue weighted by atomic mass is 10.2. The first-order valence-corrected chi connectivity index (χ1v) is 6.41. The second-order valence-electron chi connectivity index (χ2n) is 4.33. The SMILES string of the molecule is CCOc1nc(C)c(NC(=O)c2cncc(F)c2)c(C)n1. The van der Waals surface area contributed by atoms with Gasteiger partial charge in [0.2, 0.25) is 0 Å². The molecule has 2 aromatic rings. The van der Waals surface area contributed by atoms with Crippen LogP contribution in [0.25, 0.3) is 0 Å². The second kappa shape index (κ2) is 6.25. The van der Waals surface area contributed by atoms with E-state index in [2.05, 4.69) is 20.3 Å². The van der Waals surface area contributed by atoms with E-state index in [0.717, 1.165) is 12.3 Å². The summed E-state index contributed by atoms with van der Waals surface area (Å²) in [7, 11) is 0. The number of pyridine rings is 1. The molecule has 21 heavy (non-hydrogen) atoms. The Morgan fingerprint density at radius 1 is 1.29 bits per heavy atom. The number of anilines is 1. The molecule has 0 aliphatic rings. The van der Waals surface area contributed by atoms with Gasteiger partial charge in [-0.2, -0.15) is 9.97 Å². The fourth-order valence-electron chi connectivity index (χ4n) is 1.78. The summed E-state index contributed by atoms with van der Waals surface area (Å²) in [6.07, 6.45) is 2.33. The highest BCUT2D eigenvalue weighted by Crippen LogP contribution is 2.20. The molecule has 0 fully saturated rings. The van der Waals surface area contributed by atoms with E-state index in [-0.39, 0.29) is 11.6 Å². The normalized spacial score (nSPS) is 10.3. The minimum atomic E-state index is -0.570. The molecular formula is C14H15FN4O2. The van der Waals surface area contributed by atoms with Crippen molar-refractivity contribution < 1.29 is 13.9 Å². The zero-order valence-electron chi connectivity index (χ0n) is 12.0. The smallest absolute Gasteiger partial charge is 0.316 e. The largest absolute Gasteiger partial charge is 0.464 e. The van der Waals surface area contributed by atoms with E-state index in [1.165, 1.54) is 6.20 Å². The lowest BCUT2D eigenvalue weighted by molar-refractivity contribution is 0.102. The molecule has 0 aromatic carbocycles. The molecule has 2 rings (SSSR count). The monoisotopic (exact) mass is 290 g/mol. The van der Waals surface area contributed by atoms with Crippen molar-refractivity contribution in [1.29, 1.82) is 0 Å². The predicted octanol–water partition coefficient (Wildman–Crippen LogP) is 2.28. The van der Waals surface area contributed by atoms with E-state index in [9.17, 15) is 9.18 Å². The number of carbonyl (C=O) groups excluding carboxylic acids is 1. The van der Waals surface area contributed by atoms with Crippen LogP contribution in [0, 0.1) is 19.7 Å². The van der Waals surface area contributed by atoms with Gasteiger partial charge in [0.1, 0.15) is 5.82 Å². The number of hydrogen-bond acceptors (Lipinski definition) is 5. The molecule has 0 bridgehead atoms. The summed E-state index contributed by atoms with van der Waals surface area (Å²) < 4.78 is 18.3. The van der Waals surface area contributed by atoms with E-state index in [1.54, 1.807) is 13.8 Å². The molecule has 0 atom stereocenters. The fraction of sp³-hybridized carbons (Fsp3) is 0.286. The quantitative estimate of drug-likeness (QED) is 0.934. The van der Waals surface area contributed by atoms with E-state index in [4.69, 9.17) is 4.74 Å². The summed E-state index contributed by atoms with van der Waals surface area (Å²) in [4.78, 5) is 24.0. The van der Waals surface area contributed by atoms with Gasteiger partial charge in [0.15, 0.2) is 0 Å². The highest BCUT2D eigenvalue weighted by Gasteiger charge is 2.14. The van der Waals surface area contributed by atoms with Crippen LogP contribution in [0.2, 0.25) is 0 Å². The number of aromatic nitrogens is 3. The van der Waals surface area contributed by atoms with Crippen LogP contribution in [0.4, 0.5) is 10.1 Å². The first-order valence-electron chi connectivity index (χ1n) is 6.41. The number of hydrogen-bond donors (Lipinski definition) is 1. The molecule has 7 heteroatoms. The maximum absolute atomic E-state index is 13.1. The number of nitrogens with one attached hydrogen (secondary N) is 1. The van der Waals surface area contributed by atoms with Gasteiger partial charge in [-0.15, -0.1) is 0 Å². The Labute approximate surface area is 121 Å². The summed E-state index contributed by atoms with van der Waals surface area (Å²) in [6.45, 7) is 5.76. The van der Waals surface area contributed by atoms with Crippen molar-refractivity contribution in [3.05, 3.63) is 41.2 Å². The van der Waals surface area contributed by atoms with Gasteiger partial charge in [0.25, 0.3) is 5.91 Å². The number of ether oxygens (including phenoxy) is 1. The lowest BCUT2D eigenvalue weighted by Crippen LogP contribution is -2.16. The Morgan fingerprint density at radius 2 is 1.95 bits per heavy atom. The van der Waals surface area contributed by atoms with Gasteiger partial charge in [-0.1, -0.05) is 0 Å². The van der Waals surface area contributed by atoms with Gasteiger partial charge in [-0.05, 0) is 26.8 Å². The highest BCUT2D eigenvalue weighted by atomic mass is 19.1. The van der Waals surface area contributed by atoms with Gasteiger partial charge in [0.05, 0.1) is 35.4 Å². The lowest BCUT2D eigenvalue weighted by Gasteiger charge is -2.12. The first-order chi connectivity index (χ1) is 10.0. The fourth-order valence-corrected chi connectivity index (χ4v) is 1.78. The van der Waals surface area contributed by atoms with Crippen molar-refractivity contribution in [3.63, 3.8) is 0 Å². The summed E-state index contributed by atoms with van der Waals surface area (Å²) in [5.41, 5.74) is 1.75. The van der Waals surface area contributed by atoms with Crippen LogP contribution in [-0.4, -0.2) is 27.5 Å². The van der Waals surface area contributed by atoms with Crippen molar-refractivity contribution in [1.82, 2.24) is 15.0 Å². The van der Waals surface area contributed by atoms with Crippen LogP contribution in [0.1, 0.15) is 28.7 Å². The Bertz CT molecular complexity index is 653. The van der Waals surface area contributed by atoms with Crippen molar-refractivity contribution in [2.45, 2.75) is 20.8 Å². The Hall–Kier alpha value is -2.57.